The number of nitrogens with one attached hydrogen (secondary N) is 1. The minimum atomic E-state index is -0.401. The molecule has 0 bridgehead atoms. The average molecular weight is 353 g/mol. The molecule has 6 nitrogen and oxygen atoms in total. The number of nitrogens with zero attached hydrogens (tertiary/aromatic N) is 3. The number of hydrogen-bond donors (Lipinski definition) is 1. The Bertz CT molecular complexity index is 661. The van der Waals surface area contributed by atoms with Crippen molar-refractivity contribution >= 4 is 38.2 Å². The fourth-order valence-electron chi connectivity index (χ4n) is 2.09. The van der Waals surface area contributed by atoms with E-state index in [4.69, 9.17) is 0 Å². The van der Waals surface area contributed by atoms with Gasteiger partial charge in [-0.1, -0.05) is 15.9 Å². The second-order valence-corrected chi connectivity index (χ2v) is 5.94. The van der Waals surface area contributed by atoms with Gasteiger partial charge < -0.3 is 10.2 Å². The van der Waals surface area contributed by atoms with Gasteiger partial charge in [-0.3, -0.25) is 10.1 Å². The molecule has 0 aliphatic rings. The zero-order valence-electron chi connectivity index (χ0n) is 12.0. The smallest absolute Gasteiger partial charge is 0.311 e. The van der Waals surface area contributed by atoms with Crippen LogP contribution in [0.15, 0.2) is 28.9 Å². The third-order valence-corrected chi connectivity index (χ3v) is 3.58. The molecule has 21 heavy (non-hydrogen) atoms. The van der Waals surface area contributed by atoms with Gasteiger partial charge in [0.25, 0.3) is 0 Å². The molecular formula is C14H17BrN4O2. The van der Waals surface area contributed by atoms with Crippen LogP contribution in [0.2, 0.25) is 0 Å². The van der Waals surface area contributed by atoms with E-state index in [1.165, 1.54) is 6.20 Å². The predicted octanol–water partition coefficient (Wildman–Crippen LogP) is 3.27. The lowest BCUT2D eigenvalue weighted by Crippen LogP contribution is -2.16. The highest BCUT2D eigenvalue weighted by Gasteiger charge is 2.17. The summed E-state index contributed by atoms with van der Waals surface area (Å²) in [5, 5.41) is 15.1. The summed E-state index contributed by atoms with van der Waals surface area (Å²) in [6.07, 6.45) is 2.21. The summed E-state index contributed by atoms with van der Waals surface area (Å²) >= 11 is 3.40. The number of hydrogen-bond acceptors (Lipinski definition) is 5. The zero-order chi connectivity index (χ0) is 15.4. The number of nitro groups is 1. The molecule has 0 radical (unpaired) electrons. The lowest BCUT2D eigenvalue weighted by molar-refractivity contribution is -0.384. The maximum Gasteiger partial charge on any atom is 0.311 e. The van der Waals surface area contributed by atoms with E-state index in [1.807, 2.05) is 32.3 Å². The fourth-order valence-corrected chi connectivity index (χ4v) is 2.45. The maximum absolute atomic E-state index is 11.2. The average Bonchev–Trinajstić information content (AvgIpc) is 2.42. The van der Waals surface area contributed by atoms with Crippen molar-refractivity contribution < 1.29 is 4.92 Å². The normalized spacial score (nSPS) is 11.0. The molecule has 0 fully saturated rings. The number of aromatic nitrogens is 1. The molecule has 1 heterocycles. The third kappa shape index (κ3) is 3.89. The first kappa shape index (κ1) is 15.7. The van der Waals surface area contributed by atoms with Gasteiger partial charge in [-0.2, -0.15) is 0 Å². The second-order valence-electron chi connectivity index (χ2n) is 5.02. The van der Waals surface area contributed by atoms with Gasteiger partial charge in [0.05, 0.1) is 10.4 Å². The summed E-state index contributed by atoms with van der Waals surface area (Å²) in [7, 11) is 4.00. The topological polar surface area (TPSA) is 71.3 Å². The Morgan fingerprint density at radius 1 is 1.43 bits per heavy atom. The van der Waals surface area contributed by atoms with Crippen molar-refractivity contribution in [3.63, 3.8) is 0 Å². The summed E-state index contributed by atoms with van der Waals surface area (Å²) in [4.78, 5) is 17.0. The lowest BCUT2D eigenvalue weighted by Gasteiger charge is -2.12. The standard InChI is InChI=1S/C14H17BrN4O2/c1-18(2)7-3-6-16-14-11-8-10(15)4-5-12(11)17-9-13(14)19(20)21/h4-5,8-9H,3,6-7H2,1-2H3,(H,16,17). The highest BCUT2D eigenvalue weighted by atomic mass is 79.9. The Morgan fingerprint density at radius 3 is 2.86 bits per heavy atom. The van der Waals surface area contributed by atoms with Crippen LogP contribution in [0.25, 0.3) is 10.9 Å². The largest absolute Gasteiger partial charge is 0.379 e. The van der Waals surface area contributed by atoms with Crippen LogP contribution >= 0.6 is 15.9 Å². The Hall–Kier alpha value is -1.73. The van der Waals surface area contributed by atoms with Gasteiger partial charge in [-0.05, 0) is 45.3 Å². The van der Waals surface area contributed by atoms with Gasteiger partial charge in [0, 0.05) is 16.4 Å². The highest BCUT2D eigenvalue weighted by molar-refractivity contribution is 9.10. The quantitative estimate of drug-likeness (QED) is 0.490. The van der Waals surface area contributed by atoms with E-state index < -0.39 is 4.92 Å². The van der Waals surface area contributed by atoms with Crippen LogP contribution in [0.1, 0.15) is 6.42 Å². The van der Waals surface area contributed by atoms with E-state index in [1.54, 1.807) is 0 Å². The van der Waals surface area contributed by atoms with Crippen molar-refractivity contribution in [1.82, 2.24) is 9.88 Å². The van der Waals surface area contributed by atoms with Crippen LogP contribution in [0, 0.1) is 10.1 Å². The molecule has 0 aliphatic heterocycles. The first-order chi connectivity index (χ1) is 9.99. The summed E-state index contributed by atoms with van der Waals surface area (Å²) in [6.45, 7) is 1.60. The Morgan fingerprint density at radius 2 is 2.19 bits per heavy atom. The van der Waals surface area contributed by atoms with E-state index in [-0.39, 0.29) is 5.69 Å². The molecule has 2 rings (SSSR count). The Balaban J connectivity index is 2.34. The minimum Gasteiger partial charge on any atom is -0.379 e. The summed E-state index contributed by atoms with van der Waals surface area (Å²) in [6, 6.07) is 5.56. The second kappa shape index (κ2) is 6.82. The van der Waals surface area contributed by atoms with Crippen LogP contribution in [-0.2, 0) is 0 Å². The van der Waals surface area contributed by atoms with E-state index in [2.05, 4.69) is 31.1 Å². The molecule has 0 spiro atoms. The molecule has 0 saturated heterocycles. The number of rotatable bonds is 6. The first-order valence-corrected chi connectivity index (χ1v) is 7.39. The van der Waals surface area contributed by atoms with Crippen LogP contribution in [0.5, 0.6) is 0 Å². The molecule has 7 heteroatoms. The SMILES string of the molecule is CN(C)CCCNc1c([N+](=O)[O-])cnc2ccc(Br)cc12. The van der Waals surface area contributed by atoms with Gasteiger partial charge in [-0.15, -0.1) is 0 Å². The fraction of sp³-hybridized carbons (Fsp3) is 0.357. The molecule has 0 amide bonds. The predicted molar refractivity (Wildman–Crippen MR) is 87.8 cm³/mol. The van der Waals surface area contributed by atoms with E-state index in [0.717, 1.165) is 28.3 Å². The van der Waals surface area contributed by atoms with Gasteiger partial charge in [0.2, 0.25) is 0 Å². The molecular weight excluding hydrogens is 336 g/mol. The van der Waals surface area contributed by atoms with E-state index in [9.17, 15) is 10.1 Å². The number of pyridine rings is 1. The van der Waals surface area contributed by atoms with Crippen LogP contribution in [0.4, 0.5) is 11.4 Å². The van der Waals surface area contributed by atoms with Crippen molar-refractivity contribution in [2.24, 2.45) is 0 Å². The molecule has 1 aromatic heterocycles. The number of fused-ring (bicyclic) bond motifs is 1. The van der Waals surface area contributed by atoms with Gasteiger partial charge in [-0.25, -0.2) is 4.98 Å². The van der Waals surface area contributed by atoms with Crippen LogP contribution in [0.3, 0.4) is 0 Å². The van der Waals surface area contributed by atoms with E-state index in [0.29, 0.717) is 12.2 Å². The van der Waals surface area contributed by atoms with Crippen molar-refractivity contribution in [1.29, 1.82) is 0 Å². The first-order valence-electron chi connectivity index (χ1n) is 6.60. The maximum atomic E-state index is 11.2. The van der Waals surface area contributed by atoms with Gasteiger partial charge in [0.15, 0.2) is 0 Å². The minimum absolute atomic E-state index is 0.00505. The van der Waals surface area contributed by atoms with Crippen LogP contribution in [-0.4, -0.2) is 42.0 Å². The molecule has 2 aromatic rings. The van der Waals surface area contributed by atoms with Gasteiger partial charge >= 0.3 is 5.69 Å². The molecule has 0 atom stereocenters. The monoisotopic (exact) mass is 352 g/mol. The molecule has 0 unspecified atom stereocenters. The number of benzene rings is 1. The summed E-state index contributed by atoms with van der Waals surface area (Å²) < 4.78 is 0.869. The molecule has 0 saturated carbocycles. The zero-order valence-corrected chi connectivity index (χ0v) is 13.6. The number of anilines is 1. The number of halogens is 1. The third-order valence-electron chi connectivity index (χ3n) is 3.09. The summed E-state index contributed by atoms with van der Waals surface area (Å²) in [5.41, 5.74) is 1.27. The molecule has 1 N–H and O–H groups in total. The van der Waals surface area contributed by atoms with Gasteiger partial charge in [0.1, 0.15) is 11.9 Å². The summed E-state index contributed by atoms with van der Waals surface area (Å²) in [5.74, 6) is 0. The molecule has 112 valence electrons. The highest BCUT2D eigenvalue weighted by Crippen LogP contribution is 2.33. The van der Waals surface area contributed by atoms with Crippen molar-refractivity contribution in [2.45, 2.75) is 6.42 Å². The lowest BCUT2D eigenvalue weighted by atomic mass is 10.1. The van der Waals surface area contributed by atoms with Crippen molar-refractivity contribution in [2.75, 3.05) is 32.5 Å². The molecule has 1 aromatic carbocycles. The van der Waals surface area contributed by atoms with E-state index >= 15 is 0 Å². The van der Waals surface area contributed by atoms with Crippen molar-refractivity contribution in [3.05, 3.63) is 39.0 Å². The molecule has 0 aliphatic carbocycles. The Labute approximate surface area is 131 Å². The Kier molecular flexibility index (Phi) is 5.08. The van der Waals surface area contributed by atoms with Crippen LogP contribution < -0.4 is 5.32 Å². The van der Waals surface area contributed by atoms with Crippen molar-refractivity contribution in [3.8, 4) is 0 Å².